The lowest BCUT2D eigenvalue weighted by Gasteiger charge is -2.27. The number of esters is 1. The van der Waals surface area contributed by atoms with E-state index in [1.165, 1.54) is 6.08 Å². The van der Waals surface area contributed by atoms with Crippen molar-refractivity contribution in [3.63, 3.8) is 0 Å². The molecule has 1 rings (SSSR count). The average Bonchev–Trinajstić information content (AvgIpc) is 2.56. The second kappa shape index (κ2) is 10.8. The number of carbonyl (C=O) groups excluding carboxylic acids is 1. The molecule has 0 heterocycles. The summed E-state index contributed by atoms with van der Waals surface area (Å²) in [5.41, 5.74) is 0.770. The van der Waals surface area contributed by atoms with Crippen LogP contribution in [0.2, 0.25) is 0 Å². The summed E-state index contributed by atoms with van der Waals surface area (Å²) < 4.78 is 10.4. The van der Waals surface area contributed by atoms with Crippen molar-refractivity contribution in [2.45, 2.75) is 39.4 Å². The van der Waals surface area contributed by atoms with E-state index in [0.717, 1.165) is 5.56 Å². The molecule has 0 spiro atoms. The summed E-state index contributed by atoms with van der Waals surface area (Å²) in [5.74, 6) is -0.351. The van der Waals surface area contributed by atoms with E-state index in [2.05, 4.69) is 6.58 Å². The van der Waals surface area contributed by atoms with Crippen molar-refractivity contribution < 1.29 is 19.4 Å². The SMILES string of the molecule is C=C[C@@](C)(C/C=C/C(=O)OCC)C[C@H](O)COCc1ccccc1. The summed E-state index contributed by atoms with van der Waals surface area (Å²) in [5, 5.41) is 10.2. The second-order valence-corrected chi connectivity index (χ2v) is 6.08. The van der Waals surface area contributed by atoms with Crippen LogP contribution in [0.3, 0.4) is 0 Å². The highest BCUT2D eigenvalue weighted by atomic mass is 16.5. The van der Waals surface area contributed by atoms with Crippen molar-refractivity contribution in [1.29, 1.82) is 0 Å². The zero-order valence-corrected chi connectivity index (χ0v) is 14.6. The topological polar surface area (TPSA) is 55.8 Å². The molecule has 1 aromatic carbocycles. The number of allylic oxidation sites excluding steroid dienone is 2. The van der Waals surface area contributed by atoms with E-state index in [1.54, 1.807) is 13.0 Å². The fraction of sp³-hybridized carbons (Fsp3) is 0.450. The quantitative estimate of drug-likeness (QED) is 0.382. The van der Waals surface area contributed by atoms with Gasteiger partial charge in [0.05, 0.1) is 25.9 Å². The van der Waals surface area contributed by atoms with Crippen LogP contribution in [0.25, 0.3) is 0 Å². The molecule has 0 fully saturated rings. The maximum atomic E-state index is 11.3. The first-order chi connectivity index (χ1) is 11.5. The van der Waals surface area contributed by atoms with Crippen LogP contribution in [0.1, 0.15) is 32.3 Å². The van der Waals surface area contributed by atoms with E-state index in [-0.39, 0.29) is 18.0 Å². The average molecular weight is 332 g/mol. The number of aliphatic hydroxyl groups is 1. The van der Waals surface area contributed by atoms with Gasteiger partial charge in [0.15, 0.2) is 0 Å². The first-order valence-electron chi connectivity index (χ1n) is 8.25. The normalized spacial score (nSPS) is 15.0. The molecule has 1 N–H and O–H groups in total. The molecule has 0 aromatic heterocycles. The van der Waals surface area contributed by atoms with Gasteiger partial charge in [-0.2, -0.15) is 0 Å². The Balaban J connectivity index is 2.38. The Morgan fingerprint density at radius 1 is 1.38 bits per heavy atom. The van der Waals surface area contributed by atoms with E-state index < -0.39 is 6.10 Å². The van der Waals surface area contributed by atoms with Crippen LogP contribution in [0.5, 0.6) is 0 Å². The van der Waals surface area contributed by atoms with Crippen molar-refractivity contribution in [1.82, 2.24) is 0 Å². The highest BCUT2D eigenvalue weighted by Crippen LogP contribution is 2.29. The van der Waals surface area contributed by atoms with E-state index >= 15 is 0 Å². The second-order valence-electron chi connectivity index (χ2n) is 6.08. The van der Waals surface area contributed by atoms with Gasteiger partial charge in [0, 0.05) is 6.08 Å². The zero-order valence-electron chi connectivity index (χ0n) is 14.6. The molecule has 0 aliphatic rings. The Morgan fingerprint density at radius 2 is 2.08 bits per heavy atom. The van der Waals surface area contributed by atoms with E-state index in [9.17, 15) is 9.90 Å². The van der Waals surface area contributed by atoms with E-state index in [4.69, 9.17) is 9.47 Å². The highest BCUT2D eigenvalue weighted by molar-refractivity contribution is 5.81. The third-order valence-electron chi connectivity index (χ3n) is 3.74. The van der Waals surface area contributed by atoms with Crippen molar-refractivity contribution in [3.8, 4) is 0 Å². The molecule has 0 aliphatic heterocycles. The molecule has 0 saturated heterocycles. The van der Waals surface area contributed by atoms with Gasteiger partial charge in [-0.15, -0.1) is 6.58 Å². The Morgan fingerprint density at radius 3 is 2.71 bits per heavy atom. The molecule has 1 aromatic rings. The Hall–Kier alpha value is -1.91. The van der Waals surface area contributed by atoms with Crippen LogP contribution in [0.15, 0.2) is 55.1 Å². The third kappa shape index (κ3) is 8.09. The van der Waals surface area contributed by atoms with Gasteiger partial charge in [-0.1, -0.05) is 49.4 Å². The number of ether oxygens (including phenoxy) is 2. The summed E-state index contributed by atoms with van der Waals surface area (Å²) >= 11 is 0. The number of rotatable bonds is 11. The van der Waals surface area contributed by atoms with Crippen LogP contribution in [0, 0.1) is 5.41 Å². The van der Waals surface area contributed by atoms with E-state index in [0.29, 0.717) is 26.1 Å². The standard InChI is InChI=1S/C20H28O4/c1-4-20(3,13-9-12-19(22)24-5-2)14-18(21)16-23-15-17-10-7-6-8-11-17/h4,6-12,18,21H,1,5,13-16H2,2-3H3/b12-9+/t18-,20-/m0/s1. The molecular formula is C20H28O4. The van der Waals surface area contributed by atoms with Crippen LogP contribution in [-0.4, -0.2) is 30.4 Å². The van der Waals surface area contributed by atoms with Gasteiger partial charge in [-0.25, -0.2) is 4.79 Å². The van der Waals surface area contributed by atoms with Crippen molar-refractivity contribution in [2.24, 2.45) is 5.41 Å². The molecule has 2 atom stereocenters. The molecule has 4 heteroatoms. The number of aliphatic hydroxyl groups excluding tert-OH is 1. The summed E-state index contributed by atoms with van der Waals surface area (Å²) in [7, 11) is 0. The largest absolute Gasteiger partial charge is 0.463 e. The van der Waals surface area contributed by atoms with Crippen molar-refractivity contribution in [3.05, 3.63) is 60.7 Å². The lowest BCUT2D eigenvalue weighted by atomic mass is 9.81. The number of hydrogen-bond acceptors (Lipinski definition) is 4. The van der Waals surface area contributed by atoms with Gasteiger partial charge in [-0.3, -0.25) is 0 Å². The molecule has 24 heavy (non-hydrogen) atoms. The third-order valence-corrected chi connectivity index (χ3v) is 3.74. The highest BCUT2D eigenvalue weighted by Gasteiger charge is 2.23. The summed E-state index contributed by atoms with van der Waals surface area (Å²) in [6, 6.07) is 9.85. The molecule has 4 nitrogen and oxygen atoms in total. The van der Waals surface area contributed by atoms with Gasteiger partial charge >= 0.3 is 5.97 Å². The lowest BCUT2D eigenvalue weighted by Crippen LogP contribution is -2.25. The maximum Gasteiger partial charge on any atom is 0.330 e. The van der Waals surface area contributed by atoms with Gasteiger partial charge in [0.25, 0.3) is 0 Å². The minimum absolute atomic E-state index is 0.264. The molecule has 0 bridgehead atoms. The Bertz CT molecular complexity index is 524. The molecule has 0 unspecified atom stereocenters. The molecule has 132 valence electrons. The first-order valence-corrected chi connectivity index (χ1v) is 8.25. The van der Waals surface area contributed by atoms with Crippen LogP contribution < -0.4 is 0 Å². The summed E-state index contributed by atoms with van der Waals surface area (Å²) in [6.07, 6.45) is 5.51. The Labute approximate surface area is 144 Å². The van der Waals surface area contributed by atoms with Gasteiger partial charge < -0.3 is 14.6 Å². The summed E-state index contributed by atoms with van der Waals surface area (Å²) in [4.78, 5) is 11.3. The summed E-state index contributed by atoms with van der Waals surface area (Å²) in [6.45, 7) is 8.71. The molecule has 0 amide bonds. The Kier molecular flexibility index (Phi) is 9.05. The number of hydrogen-bond donors (Lipinski definition) is 1. The lowest BCUT2D eigenvalue weighted by molar-refractivity contribution is -0.137. The predicted octanol–water partition coefficient (Wildman–Crippen LogP) is 3.66. The minimum Gasteiger partial charge on any atom is -0.463 e. The number of carbonyl (C=O) groups is 1. The van der Waals surface area contributed by atoms with Crippen molar-refractivity contribution in [2.75, 3.05) is 13.2 Å². The van der Waals surface area contributed by atoms with Crippen LogP contribution in [0.4, 0.5) is 0 Å². The van der Waals surface area contributed by atoms with Crippen molar-refractivity contribution >= 4 is 5.97 Å². The molecule has 0 saturated carbocycles. The van der Waals surface area contributed by atoms with Gasteiger partial charge in [0.2, 0.25) is 0 Å². The number of benzene rings is 1. The fourth-order valence-electron chi connectivity index (χ4n) is 2.35. The zero-order chi connectivity index (χ0) is 17.8. The maximum absolute atomic E-state index is 11.3. The van der Waals surface area contributed by atoms with Gasteiger partial charge in [0.1, 0.15) is 0 Å². The van der Waals surface area contributed by atoms with Crippen LogP contribution >= 0.6 is 0 Å². The van der Waals surface area contributed by atoms with Gasteiger partial charge in [-0.05, 0) is 30.7 Å². The van der Waals surface area contributed by atoms with Crippen LogP contribution in [-0.2, 0) is 20.9 Å². The minimum atomic E-state index is -0.590. The smallest absolute Gasteiger partial charge is 0.330 e. The van der Waals surface area contributed by atoms with E-state index in [1.807, 2.05) is 43.3 Å². The fourth-order valence-corrected chi connectivity index (χ4v) is 2.35. The monoisotopic (exact) mass is 332 g/mol. The molecule has 0 aliphatic carbocycles. The molecular weight excluding hydrogens is 304 g/mol. The first kappa shape index (κ1) is 20.1. The predicted molar refractivity (Wildman–Crippen MR) is 95.4 cm³/mol. The molecule has 0 radical (unpaired) electrons.